The summed E-state index contributed by atoms with van der Waals surface area (Å²) in [6.45, 7) is 1.10. The number of ether oxygens (including phenoxy) is 4. The van der Waals surface area contributed by atoms with Gasteiger partial charge in [0.15, 0.2) is 6.10 Å². The van der Waals surface area contributed by atoms with Gasteiger partial charge in [0.2, 0.25) is 0 Å². The number of carbonyl (C=O) groups excluding carboxylic acids is 1. The van der Waals surface area contributed by atoms with Gasteiger partial charge in [0.1, 0.15) is 12.9 Å². The van der Waals surface area contributed by atoms with Crippen LogP contribution in [0.1, 0.15) is 11.7 Å². The van der Waals surface area contributed by atoms with E-state index in [0.29, 0.717) is 13.2 Å². The van der Waals surface area contributed by atoms with E-state index >= 15 is 0 Å². The van der Waals surface area contributed by atoms with E-state index in [2.05, 4.69) is 0 Å². The first-order chi connectivity index (χ1) is 9.81. The second-order valence-electron chi connectivity index (χ2n) is 4.28. The molecule has 1 heterocycles. The summed E-state index contributed by atoms with van der Waals surface area (Å²) < 4.78 is 21.1. The summed E-state index contributed by atoms with van der Waals surface area (Å²) in [6.07, 6.45) is 2.28. The maximum absolute atomic E-state index is 11.4. The van der Waals surface area contributed by atoms with Crippen molar-refractivity contribution in [3.63, 3.8) is 0 Å². The predicted octanol–water partition coefficient (Wildman–Crippen LogP) is 1.85. The fourth-order valence-corrected chi connectivity index (χ4v) is 1.88. The van der Waals surface area contributed by atoms with E-state index in [0.717, 1.165) is 5.56 Å². The SMILES string of the molecule is COCCOCO[C@H]1C=CC(=O)O[C@H]1c1ccccc1. The molecule has 1 aromatic rings. The minimum atomic E-state index is -0.445. The number of methoxy groups -OCH3 is 1. The van der Waals surface area contributed by atoms with Gasteiger partial charge < -0.3 is 18.9 Å². The fraction of sp³-hybridized carbons (Fsp3) is 0.400. The molecular weight excluding hydrogens is 260 g/mol. The zero-order valence-corrected chi connectivity index (χ0v) is 11.4. The van der Waals surface area contributed by atoms with E-state index in [1.54, 1.807) is 13.2 Å². The maximum Gasteiger partial charge on any atom is 0.331 e. The molecule has 0 spiro atoms. The summed E-state index contributed by atoms with van der Waals surface area (Å²) >= 11 is 0. The Morgan fingerprint density at radius 1 is 1.20 bits per heavy atom. The standard InChI is InChI=1S/C15H18O5/c1-17-9-10-18-11-19-13-7-8-14(16)20-15(13)12-5-3-2-4-6-12/h2-8,13,15H,9-11H2,1H3/t13-,15-/m0/s1. The van der Waals surface area contributed by atoms with Crippen molar-refractivity contribution in [1.29, 1.82) is 0 Å². The molecule has 0 saturated heterocycles. The highest BCUT2D eigenvalue weighted by Crippen LogP contribution is 2.27. The molecule has 0 saturated carbocycles. The van der Waals surface area contributed by atoms with E-state index < -0.39 is 6.10 Å². The van der Waals surface area contributed by atoms with Crippen LogP contribution in [0.15, 0.2) is 42.5 Å². The van der Waals surface area contributed by atoms with Crippen LogP contribution in [0.25, 0.3) is 0 Å². The van der Waals surface area contributed by atoms with Crippen LogP contribution in [-0.4, -0.2) is 39.2 Å². The second-order valence-corrected chi connectivity index (χ2v) is 4.28. The summed E-state index contributed by atoms with van der Waals surface area (Å²) in [7, 11) is 1.61. The summed E-state index contributed by atoms with van der Waals surface area (Å²) in [5.74, 6) is -0.362. The molecule has 108 valence electrons. The number of cyclic esters (lactones) is 1. The van der Waals surface area contributed by atoms with Crippen molar-refractivity contribution in [2.45, 2.75) is 12.2 Å². The Hall–Kier alpha value is -1.69. The second kappa shape index (κ2) is 7.79. The molecule has 5 nitrogen and oxygen atoms in total. The zero-order chi connectivity index (χ0) is 14.2. The Morgan fingerprint density at radius 2 is 2.00 bits per heavy atom. The van der Waals surface area contributed by atoms with Gasteiger partial charge in [-0.1, -0.05) is 30.3 Å². The Kier molecular flexibility index (Phi) is 5.73. The van der Waals surface area contributed by atoms with Crippen molar-refractivity contribution >= 4 is 5.97 Å². The largest absolute Gasteiger partial charge is 0.451 e. The van der Waals surface area contributed by atoms with Crippen LogP contribution in [0.5, 0.6) is 0 Å². The van der Waals surface area contributed by atoms with Gasteiger partial charge in [-0.15, -0.1) is 0 Å². The number of carbonyl (C=O) groups is 1. The molecule has 1 aliphatic heterocycles. The Labute approximate surface area is 118 Å². The van der Waals surface area contributed by atoms with Gasteiger partial charge >= 0.3 is 5.97 Å². The summed E-state index contributed by atoms with van der Waals surface area (Å²) in [6, 6.07) is 9.51. The molecule has 5 heteroatoms. The molecule has 1 aliphatic rings. The molecule has 0 aliphatic carbocycles. The lowest BCUT2D eigenvalue weighted by atomic mass is 10.0. The van der Waals surface area contributed by atoms with Crippen LogP contribution in [0.4, 0.5) is 0 Å². The molecule has 2 rings (SSSR count). The van der Waals surface area contributed by atoms with Crippen molar-refractivity contribution in [3.8, 4) is 0 Å². The Morgan fingerprint density at radius 3 is 2.75 bits per heavy atom. The van der Waals surface area contributed by atoms with Crippen molar-refractivity contribution in [3.05, 3.63) is 48.0 Å². The monoisotopic (exact) mass is 278 g/mol. The Balaban J connectivity index is 1.94. The third kappa shape index (κ3) is 4.16. The zero-order valence-electron chi connectivity index (χ0n) is 11.4. The van der Waals surface area contributed by atoms with E-state index in [-0.39, 0.29) is 18.9 Å². The van der Waals surface area contributed by atoms with Crippen LogP contribution in [-0.2, 0) is 23.7 Å². The quantitative estimate of drug-likeness (QED) is 0.433. The highest BCUT2D eigenvalue weighted by atomic mass is 16.7. The molecule has 1 aromatic carbocycles. The first kappa shape index (κ1) is 14.7. The molecule has 0 radical (unpaired) electrons. The smallest absolute Gasteiger partial charge is 0.331 e. The fourth-order valence-electron chi connectivity index (χ4n) is 1.88. The van der Waals surface area contributed by atoms with Gasteiger partial charge in [0.05, 0.1) is 13.2 Å². The molecule has 20 heavy (non-hydrogen) atoms. The van der Waals surface area contributed by atoms with Crippen molar-refractivity contribution in [2.75, 3.05) is 27.1 Å². The van der Waals surface area contributed by atoms with Gasteiger partial charge in [-0.3, -0.25) is 0 Å². The van der Waals surface area contributed by atoms with Gasteiger partial charge in [0.25, 0.3) is 0 Å². The minimum absolute atomic E-state index is 0.124. The van der Waals surface area contributed by atoms with Crippen molar-refractivity contribution in [2.24, 2.45) is 0 Å². The maximum atomic E-state index is 11.4. The van der Waals surface area contributed by atoms with Gasteiger partial charge in [0, 0.05) is 13.2 Å². The average molecular weight is 278 g/mol. The van der Waals surface area contributed by atoms with Gasteiger partial charge in [-0.05, 0) is 11.6 Å². The van der Waals surface area contributed by atoms with E-state index in [1.807, 2.05) is 30.3 Å². The summed E-state index contributed by atoms with van der Waals surface area (Å²) in [5.41, 5.74) is 0.895. The van der Waals surface area contributed by atoms with Crippen molar-refractivity contribution < 1.29 is 23.7 Å². The van der Waals surface area contributed by atoms with Crippen molar-refractivity contribution in [1.82, 2.24) is 0 Å². The predicted molar refractivity (Wildman–Crippen MR) is 72.0 cm³/mol. The lowest BCUT2D eigenvalue weighted by molar-refractivity contribution is -0.162. The normalized spacial score (nSPS) is 21.8. The van der Waals surface area contributed by atoms with E-state index in [1.165, 1.54) is 6.08 Å². The third-order valence-electron chi connectivity index (χ3n) is 2.87. The molecule has 0 amide bonds. The van der Waals surface area contributed by atoms with Crippen LogP contribution in [0.3, 0.4) is 0 Å². The van der Waals surface area contributed by atoms with Crippen LogP contribution >= 0.6 is 0 Å². The van der Waals surface area contributed by atoms with Gasteiger partial charge in [-0.25, -0.2) is 4.79 Å². The third-order valence-corrected chi connectivity index (χ3v) is 2.87. The van der Waals surface area contributed by atoms with Crippen LogP contribution < -0.4 is 0 Å². The van der Waals surface area contributed by atoms with E-state index in [4.69, 9.17) is 18.9 Å². The summed E-state index contributed by atoms with van der Waals surface area (Å²) in [4.78, 5) is 11.4. The molecule has 2 atom stereocenters. The van der Waals surface area contributed by atoms with Crippen LogP contribution in [0.2, 0.25) is 0 Å². The van der Waals surface area contributed by atoms with Crippen LogP contribution in [0, 0.1) is 0 Å². The topological polar surface area (TPSA) is 54.0 Å². The molecule has 0 aromatic heterocycles. The number of esters is 1. The van der Waals surface area contributed by atoms with Gasteiger partial charge in [-0.2, -0.15) is 0 Å². The van der Waals surface area contributed by atoms with E-state index in [9.17, 15) is 4.79 Å². The first-order valence-corrected chi connectivity index (χ1v) is 6.43. The lowest BCUT2D eigenvalue weighted by Crippen LogP contribution is -2.29. The highest BCUT2D eigenvalue weighted by molar-refractivity contribution is 5.83. The molecule has 0 fully saturated rings. The number of rotatable bonds is 7. The minimum Gasteiger partial charge on any atom is -0.451 e. The molecule has 0 bridgehead atoms. The first-order valence-electron chi connectivity index (χ1n) is 6.43. The number of hydrogen-bond donors (Lipinski definition) is 0. The number of benzene rings is 1. The number of hydrogen-bond acceptors (Lipinski definition) is 5. The lowest BCUT2D eigenvalue weighted by Gasteiger charge is -2.27. The summed E-state index contributed by atoms with van der Waals surface area (Å²) in [5, 5.41) is 0. The highest BCUT2D eigenvalue weighted by Gasteiger charge is 2.28. The molecular formula is C15H18O5. The molecule has 0 unspecified atom stereocenters. The molecule has 0 N–H and O–H groups in total. The Bertz CT molecular complexity index is 443. The average Bonchev–Trinajstić information content (AvgIpc) is 2.49.